The highest BCUT2D eigenvalue weighted by Gasteiger charge is 2.13. The van der Waals surface area contributed by atoms with Crippen LogP contribution in [0.2, 0.25) is 5.02 Å². The molecule has 28 heavy (non-hydrogen) atoms. The fraction of sp³-hybridized carbons (Fsp3) is 0.190. The Hall–Kier alpha value is -2.57. The average molecular weight is 418 g/mol. The van der Waals surface area contributed by atoms with Crippen molar-refractivity contribution >= 4 is 28.3 Å². The van der Waals surface area contributed by atoms with Crippen LogP contribution in [0.5, 0.6) is 5.75 Å². The number of hydrogen-bond donors (Lipinski definition) is 1. The first-order valence-corrected chi connectivity index (χ1v) is 10.5. The highest BCUT2D eigenvalue weighted by molar-refractivity contribution is 7.83. The molecular weight excluding hydrogens is 398 g/mol. The standard InChI is InChI=1S/C21H20ClNO4S/c1-26-18-7-3-4-15(11-18)12-23-21(24)20-9-8-19(27-20)14-28(25)13-16-5-2-6-17(22)10-16/h2-11H,12-14H2,1H3,(H,23,24)/t28-/m1/s1. The minimum absolute atomic E-state index is 0.192. The first-order valence-electron chi connectivity index (χ1n) is 8.63. The summed E-state index contributed by atoms with van der Waals surface area (Å²) in [5.41, 5.74) is 1.82. The number of carbonyl (C=O) groups is 1. The molecule has 1 amide bonds. The maximum atomic E-state index is 12.3. The number of nitrogens with one attached hydrogen (secondary N) is 1. The molecule has 0 fully saturated rings. The van der Waals surface area contributed by atoms with Crippen LogP contribution in [0.25, 0.3) is 0 Å². The molecule has 7 heteroatoms. The zero-order valence-corrected chi connectivity index (χ0v) is 16.9. The van der Waals surface area contributed by atoms with E-state index >= 15 is 0 Å². The summed E-state index contributed by atoms with van der Waals surface area (Å²) < 4.78 is 23.1. The van der Waals surface area contributed by atoms with Gasteiger partial charge in [-0.25, -0.2) is 0 Å². The molecule has 0 spiro atoms. The summed E-state index contributed by atoms with van der Waals surface area (Å²) in [5.74, 6) is 1.71. The van der Waals surface area contributed by atoms with E-state index in [4.69, 9.17) is 20.8 Å². The third kappa shape index (κ3) is 5.71. The number of benzene rings is 2. The summed E-state index contributed by atoms with van der Waals surface area (Å²) in [6.07, 6.45) is 0. The molecule has 0 unspecified atom stereocenters. The van der Waals surface area contributed by atoms with E-state index in [2.05, 4.69) is 5.32 Å². The second-order valence-corrected chi connectivity index (χ2v) is 8.05. The van der Waals surface area contributed by atoms with Crippen LogP contribution in [0, 0.1) is 0 Å². The van der Waals surface area contributed by atoms with Gasteiger partial charge in [-0.1, -0.05) is 35.9 Å². The summed E-state index contributed by atoms with van der Waals surface area (Å²) in [4.78, 5) is 12.3. The fourth-order valence-corrected chi connectivity index (χ4v) is 3.99. The Morgan fingerprint density at radius 2 is 1.86 bits per heavy atom. The van der Waals surface area contributed by atoms with Crippen LogP contribution < -0.4 is 10.1 Å². The van der Waals surface area contributed by atoms with E-state index < -0.39 is 10.8 Å². The lowest BCUT2D eigenvalue weighted by Crippen LogP contribution is -2.22. The molecule has 0 bridgehead atoms. The SMILES string of the molecule is COc1cccc(CNC(=O)c2ccc(C[S@](=O)Cc3cccc(Cl)c3)o2)c1. The normalized spacial score (nSPS) is 11.8. The Morgan fingerprint density at radius 3 is 2.64 bits per heavy atom. The zero-order valence-electron chi connectivity index (χ0n) is 15.3. The van der Waals surface area contributed by atoms with Gasteiger partial charge < -0.3 is 14.5 Å². The zero-order chi connectivity index (χ0) is 19.9. The molecule has 146 valence electrons. The number of ether oxygens (including phenoxy) is 1. The molecular formula is C21H20ClNO4S. The van der Waals surface area contributed by atoms with Gasteiger partial charge in [0.1, 0.15) is 11.5 Å². The molecule has 0 aliphatic carbocycles. The Labute approximate surface area is 171 Å². The molecule has 1 aromatic heterocycles. The number of methoxy groups -OCH3 is 1. The lowest BCUT2D eigenvalue weighted by molar-refractivity contribution is 0.0921. The quantitative estimate of drug-likeness (QED) is 0.592. The molecule has 1 atom stereocenters. The van der Waals surface area contributed by atoms with E-state index in [9.17, 15) is 9.00 Å². The van der Waals surface area contributed by atoms with E-state index in [1.165, 1.54) is 0 Å². The van der Waals surface area contributed by atoms with Crippen molar-refractivity contribution in [2.24, 2.45) is 0 Å². The Morgan fingerprint density at radius 1 is 1.07 bits per heavy atom. The number of furan rings is 1. The highest BCUT2D eigenvalue weighted by Crippen LogP contribution is 2.16. The third-order valence-electron chi connectivity index (χ3n) is 3.99. The molecule has 1 heterocycles. The maximum Gasteiger partial charge on any atom is 0.287 e. The Kier molecular flexibility index (Phi) is 6.90. The third-order valence-corrected chi connectivity index (χ3v) is 5.49. The van der Waals surface area contributed by atoms with E-state index in [0.29, 0.717) is 23.1 Å². The van der Waals surface area contributed by atoms with Crippen LogP contribution in [-0.2, 0) is 28.9 Å². The molecule has 0 radical (unpaired) electrons. The van der Waals surface area contributed by atoms with Crippen molar-refractivity contribution in [1.82, 2.24) is 5.32 Å². The summed E-state index contributed by atoms with van der Waals surface area (Å²) >= 11 is 5.95. The summed E-state index contributed by atoms with van der Waals surface area (Å²) in [6.45, 7) is 0.354. The molecule has 0 aliphatic heterocycles. The molecule has 0 aliphatic rings. The smallest absolute Gasteiger partial charge is 0.287 e. The van der Waals surface area contributed by atoms with Gasteiger partial charge >= 0.3 is 0 Å². The lowest BCUT2D eigenvalue weighted by Gasteiger charge is -2.05. The van der Waals surface area contributed by atoms with E-state index in [1.54, 1.807) is 31.4 Å². The van der Waals surface area contributed by atoms with Crippen molar-refractivity contribution in [3.8, 4) is 5.75 Å². The van der Waals surface area contributed by atoms with Gasteiger partial charge in [0.15, 0.2) is 5.76 Å². The van der Waals surface area contributed by atoms with Gasteiger partial charge in [0.2, 0.25) is 0 Å². The minimum Gasteiger partial charge on any atom is -0.497 e. The Bertz CT molecular complexity index is 986. The lowest BCUT2D eigenvalue weighted by atomic mass is 10.2. The van der Waals surface area contributed by atoms with Crippen molar-refractivity contribution in [2.45, 2.75) is 18.1 Å². The summed E-state index contributed by atoms with van der Waals surface area (Å²) in [7, 11) is 0.430. The van der Waals surface area contributed by atoms with E-state index in [-0.39, 0.29) is 17.4 Å². The minimum atomic E-state index is -1.17. The first kappa shape index (κ1) is 20.2. The van der Waals surface area contributed by atoms with Crippen molar-refractivity contribution < 1.29 is 18.2 Å². The molecule has 3 rings (SSSR count). The maximum absolute atomic E-state index is 12.3. The molecule has 1 N–H and O–H groups in total. The van der Waals surface area contributed by atoms with Crippen LogP contribution in [0.4, 0.5) is 0 Å². The van der Waals surface area contributed by atoms with Gasteiger partial charge in [0.25, 0.3) is 5.91 Å². The number of halogens is 1. The van der Waals surface area contributed by atoms with Crippen LogP contribution >= 0.6 is 11.6 Å². The molecule has 5 nitrogen and oxygen atoms in total. The highest BCUT2D eigenvalue weighted by atomic mass is 35.5. The topological polar surface area (TPSA) is 68.5 Å². The first-order chi connectivity index (χ1) is 13.5. The number of hydrogen-bond acceptors (Lipinski definition) is 4. The summed E-state index contributed by atoms with van der Waals surface area (Å²) in [5, 5.41) is 3.41. The monoisotopic (exact) mass is 417 g/mol. The van der Waals surface area contributed by atoms with Gasteiger partial charge in [-0.2, -0.15) is 0 Å². The fourth-order valence-electron chi connectivity index (χ4n) is 2.65. The molecule has 0 saturated carbocycles. The predicted octanol–water partition coefficient (Wildman–Crippen LogP) is 4.32. The number of amides is 1. The number of carbonyl (C=O) groups excluding carboxylic acids is 1. The van der Waals surface area contributed by atoms with Crippen LogP contribution in [0.1, 0.15) is 27.4 Å². The predicted molar refractivity (Wildman–Crippen MR) is 110 cm³/mol. The van der Waals surface area contributed by atoms with Crippen molar-refractivity contribution in [3.63, 3.8) is 0 Å². The summed E-state index contributed by atoms with van der Waals surface area (Å²) in [6, 6.07) is 18.0. The largest absolute Gasteiger partial charge is 0.497 e. The van der Waals surface area contributed by atoms with Crippen LogP contribution in [0.15, 0.2) is 65.1 Å². The van der Waals surface area contributed by atoms with E-state index in [1.807, 2.05) is 36.4 Å². The van der Waals surface area contributed by atoms with Crippen molar-refractivity contribution in [1.29, 1.82) is 0 Å². The van der Waals surface area contributed by atoms with Gasteiger partial charge in [-0.15, -0.1) is 0 Å². The van der Waals surface area contributed by atoms with Crippen LogP contribution in [0.3, 0.4) is 0 Å². The second kappa shape index (κ2) is 9.57. The van der Waals surface area contributed by atoms with Crippen molar-refractivity contribution in [3.05, 3.63) is 88.3 Å². The second-order valence-electron chi connectivity index (χ2n) is 6.16. The Balaban J connectivity index is 1.54. The van der Waals surface area contributed by atoms with E-state index in [0.717, 1.165) is 16.9 Å². The molecule has 3 aromatic rings. The van der Waals surface area contributed by atoms with Gasteiger partial charge in [-0.05, 0) is 47.5 Å². The average Bonchev–Trinajstić information content (AvgIpc) is 3.14. The molecule has 2 aromatic carbocycles. The van der Waals surface area contributed by atoms with Gasteiger partial charge in [0.05, 0.1) is 12.9 Å². The van der Waals surface area contributed by atoms with Crippen molar-refractivity contribution in [2.75, 3.05) is 7.11 Å². The van der Waals surface area contributed by atoms with Crippen LogP contribution in [-0.4, -0.2) is 17.2 Å². The van der Waals surface area contributed by atoms with Gasteiger partial charge in [-0.3, -0.25) is 9.00 Å². The molecule has 0 saturated heterocycles. The number of rotatable bonds is 8. The van der Waals surface area contributed by atoms with Gasteiger partial charge in [0, 0.05) is 28.1 Å².